The Bertz CT molecular complexity index is 1160. The Hall–Kier alpha value is -3.35. The van der Waals surface area contributed by atoms with E-state index in [0.717, 1.165) is 28.1 Å². The molecular formula is C22H24N4O3. The van der Waals surface area contributed by atoms with Crippen molar-refractivity contribution in [2.45, 2.75) is 33.9 Å². The van der Waals surface area contributed by atoms with Crippen LogP contribution in [0.1, 0.15) is 23.6 Å². The summed E-state index contributed by atoms with van der Waals surface area (Å²) in [6.07, 6.45) is 0. The largest absolute Gasteiger partial charge is 0.494 e. The van der Waals surface area contributed by atoms with E-state index in [1.165, 1.54) is 9.25 Å². The smallest absolute Gasteiger partial charge is 0.333 e. The van der Waals surface area contributed by atoms with Crippen molar-refractivity contribution in [2.75, 3.05) is 18.1 Å². The van der Waals surface area contributed by atoms with E-state index >= 15 is 0 Å². The third kappa shape index (κ3) is 3.55. The van der Waals surface area contributed by atoms with Crippen molar-refractivity contribution in [1.82, 2.24) is 14.3 Å². The molecule has 0 atom stereocenters. The number of hydrogen-bond donors (Lipinski definition) is 0. The Balaban J connectivity index is 1.73. The molecule has 0 saturated heterocycles. The molecule has 0 fully saturated rings. The number of ether oxygens (including phenoxy) is 1. The number of hydrogen-bond acceptors (Lipinski definition) is 5. The van der Waals surface area contributed by atoms with Gasteiger partial charge in [-0.15, -0.1) is 5.10 Å². The van der Waals surface area contributed by atoms with E-state index < -0.39 is 11.1 Å². The van der Waals surface area contributed by atoms with Crippen molar-refractivity contribution in [3.8, 4) is 5.75 Å². The Kier molecular flexibility index (Phi) is 4.96. The second-order valence-electron chi connectivity index (χ2n) is 7.23. The summed E-state index contributed by atoms with van der Waals surface area (Å²) in [6.45, 7) is 7.84. The SMILES string of the molecule is CCOc1ccc(N2CCn3c2nn(Cc2cc(C)ccc2C)c(=O)c3=O)cc1. The highest BCUT2D eigenvalue weighted by Crippen LogP contribution is 2.28. The van der Waals surface area contributed by atoms with Gasteiger partial charge in [0.2, 0.25) is 5.95 Å². The van der Waals surface area contributed by atoms with Gasteiger partial charge in [0, 0.05) is 18.8 Å². The molecule has 0 N–H and O–H groups in total. The lowest BCUT2D eigenvalue weighted by Gasteiger charge is -2.18. The Morgan fingerprint density at radius 2 is 1.76 bits per heavy atom. The summed E-state index contributed by atoms with van der Waals surface area (Å²) < 4.78 is 8.24. The van der Waals surface area contributed by atoms with Crippen LogP contribution in [-0.4, -0.2) is 27.5 Å². The molecule has 4 rings (SSSR count). The zero-order valence-electron chi connectivity index (χ0n) is 16.9. The van der Waals surface area contributed by atoms with E-state index in [9.17, 15) is 9.59 Å². The van der Waals surface area contributed by atoms with Gasteiger partial charge in [-0.3, -0.25) is 14.2 Å². The van der Waals surface area contributed by atoms with Crippen molar-refractivity contribution in [3.63, 3.8) is 0 Å². The van der Waals surface area contributed by atoms with Crippen LogP contribution in [0.2, 0.25) is 0 Å². The van der Waals surface area contributed by atoms with E-state index in [1.807, 2.05) is 68.1 Å². The average molecular weight is 392 g/mol. The van der Waals surface area contributed by atoms with E-state index in [4.69, 9.17) is 4.74 Å². The fourth-order valence-electron chi connectivity index (χ4n) is 3.60. The number of benzene rings is 2. The second-order valence-corrected chi connectivity index (χ2v) is 7.23. The zero-order valence-corrected chi connectivity index (χ0v) is 16.9. The standard InChI is InChI=1S/C22H24N4O3/c1-4-29-19-9-7-18(8-10-19)24-11-12-25-20(27)21(28)26(23-22(24)25)14-17-13-15(2)5-6-16(17)3/h5-10,13H,4,11-12,14H2,1-3H3. The van der Waals surface area contributed by atoms with Gasteiger partial charge in [-0.25, -0.2) is 4.68 Å². The first kappa shape index (κ1) is 19.0. The molecule has 0 amide bonds. The Morgan fingerprint density at radius 1 is 1.00 bits per heavy atom. The minimum absolute atomic E-state index is 0.270. The molecule has 29 heavy (non-hydrogen) atoms. The van der Waals surface area contributed by atoms with Crippen molar-refractivity contribution in [2.24, 2.45) is 0 Å². The molecule has 1 aliphatic heterocycles. The minimum Gasteiger partial charge on any atom is -0.494 e. The summed E-state index contributed by atoms with van der Waals surface area (Å²) in [5.74, 6) is 1.28. The van der Waals surface area contributed by atoms with Gasteiger partial charge in [0.25, 0.3) is 0 Å². The van der Waals surface area contributed by atoms with Crippen LogP contribution in [0.3, 0.4) is 0 Å². The molecule has 2 aromatic carbocycles. The van der Waals surface area contributed by atoms with Gasteiger partial charge in [-0.05, 0) is 56.2 Å². The van der Waals surface area contributed by atoms with Gasteiger partial charge in [-0.1, -0.05) is 23.8 Å². The van der Waals surface area contributed by atoms with Crippen molar-refractivity contribution < 1.29 is 4.74 Å². The van der Waals surface area contributed by atoms with Gasteiger partial charge in [0.15, 0.2) is 0 Å². The lowest BCUT2D eigenvalue weighted by Crippen LogP contribution is -2.42. The van der Waals surface area contributed by atoms with E-state index in [-0.39, 0.29) is 6.54 Å². The highest BCUT2D eigenvalue weighted by molar-refractivity contribution is 5.59. The fraction of sp³-hybridized carbons (Fsp3) is 0.318. The van der Waals surface area contributed by atoms with Gasteiger partial charge < -0.3 is 9.64 Å². The van der Waals surface area contributed by atoms with Crippen LogP contribution in [0.5, 0.6) is 5.75 Å². The van der Waals surface area contributed by atoms with Crippen molar-refractivity contribution >= 4 is 11.6 Å². The molecule has 0 spiro atoms. The highest BCUT2D eigenvalue weighted by Gasteiger charge is 2.26. The van der Waals surface area contributed by atoms with Gasteiger partial charge in [0.1, 0.15) is 5.75 Å². The first-order valence-electron chi connectivity index (χ1n) is 9.76. The molecule has 2 heterocycles. The fourth-order valence-corrected chi connectivity index (χ4v) is 3.60. The predicted molar refractivity (Wildman–Crippen MR) is 112 cm³/mol. The summed E-state index contributed by atoms with van der Waals surface area (Å²) in [5, 5.41) is 4.56. The Labute approximate surface area is 168 Å². The molecule has 0 unspecified atom stereocenters. The van der Waals surface area contributed by atoms with E-state index in [1.54, 1.807) is 0 Å². The first-order chi connectivity index (χ1) is 14.0. The lowest BCUT2D eigenvalue weighted by atomic mass is 10.1. The zero-order chi connectivity index (χ0) is 20.5. The minimum atomic E-state index is -0.594. The number of anilines is 2. The third-order valence-electron chi connectivity index (χ3n) is 5.19. The van der Waals surface area contributed by atoms with E-state index in [2.05, 4.69) is 5.10 Å². The number of rotatable bonds is 5. The number of aryl methyl sites for hydroxylation is 2. The molecular weight excluding hydrogens is 368 g/mol. The third-order valence-corrected chi connectivity index (χ3v) is 5.19. The quantitative estimate of drug-likeness (QED) is 0.625. The van der Waals surface area contributed by atoms with Crippen LogP contribution in [0.4, 0.5) is 11.6 Å². The highest BCUT2D eigenvalue weighted by atomic mass is 16.5. The van der Waals surface area contributed by atoms with Crippen molar-refractivity contribution in [1.29, 1.82) is 0 Å². The summed E-state index contributed by atoms with van der Waals surface area (Å²) >= 11 is 0. The predicted octanol–water partition coefficient (Wildman–Crippen LogP) is 2.62. The molecule has 0 radical (unpaired) electrons. The molecule has 150 valence electrons. The maximum Gasteiger partial charge on any atom is 0.333 e. The maximum atomic E-state index is 12.7. The topological polar surface area (TPSA) is 69.4 Å². The Morgan fingerprint density at radius 3 is 2.48 bits per heavy atom. The molecule has 7 nitrogen and oxygen atoms in total. The molecule has 3 aromatic rings. The molecule has 0 saturated carbocycles. The summed E-state index contributed by atoms with van der Waals surface area (Å²) in [5.41, 5.74) is 2.93. The van der Waals surface area contributed by atoms with Crippen LogP contribution >= 0.6 is 0 Å². The van der Waals surface area contributed by atoms with Gasteiger partial charge >= 0.3 is 11.1 Å². The van der Waals surface area contributed by atoms with Crippen LogP contribution < -0.4 is 20.8 Å². The summed E-state index contributed by atoms with van der Waals surface area (Å²) in [4.78, 5) is 27.3. The van der Waals surface area contributed by atoms with E-state index in [0.29, 0.717) is 25.6 Å². The maximum absolute atomic E-state index is 12.7. The molecule has 7 heteroatoms. The van der Waals surface area contributed by atoms with Crippen LogP contribution in [0, 0.1) is 13.8 Å². The second kappa shape index (κ2) is 7.58. The van der Waals surface area contributed by atoms with Gasteiger partial charge in [0.05, 0.1) is 13.2 Å². The lowest BCUT2D eigenvalue weighted by molar-refractivity contribution is 0.340. The molecule has 1 aromatic heterocycles. The average Bonchev–Trinajstić information content (AvgIpc) is 3.13. The number of fused-ring (bicyclic) bond motifs is 1. The van der Waals surface area contributed by atoms with Gasteiger partial charge in [-0.2, -0.15) is 0 Å². The molecule has 0 bridgehead atoms. The first-order valence-corrected chi connectivity index (χ1v) is 9.76. The van der Waals surface area contributed by atoms with Crippen LogP contribution in [0.15, 0.2) is 52.1 Å². The molecule has 0 aliphatic carbocycles. The van der Waals surface area contributed by atoms with Crippen molar-refractivity contribution in [3.05, 3.63) is 79.9 Å². The monoisotopic (exact) mass is 392 g/mol. The number of nitrogens with zero attached hydrogens (tertiary/aromatic N) is 4. The van der Waals surface area contributed by atoms with Crippen LogP contribution in [0.25, 0.3) is 0 Å². The van der Waals surface area contributed by atoms with Crippen LogP contribution in [-0.2, 0) is 13.1 Å². The number of aromatic nitrogens is 3. The normalized spacial score (nSPS) is 12.9. The summed E-state index contributed by atoms with van der Waals surface area (Å²) in [7, 11) is 0. The molecule has 1 aliphatic rings. The summed E-state index contributed by atoms with van der Waals surface area (Å²) in [6, 6.07) is 13.7.